The van der Waals surface area contributed by atoms with Gasteiger partial charge in [-0.05, 0) is 66.3 Å². The van der Waals surface area contributed by atoms with Crippen LogP contribution in [0.1, 0.15) is 33.4 Å². The molecule has 3 aromatic rings. The Morgan fingerprint density at radius 1 is 0.478 bits per heavy atom. The first-order valence-electron chi connectivity index (χ1n) is 15.8. The van der Waals surface area contributed by atoms with E-state index >= 15 is 0 Å². The number of hydrogen-bond donors (Lipinski definition) is 0. The fraction of sp³-hybridized carbons (Fsp3) is 0.125. The minimum atomic E-state index is 0.705. The molecule has 0 fully saturated rings. The van der Waals surface area contributed by atoms with Crippen LogP contribution in [0.3, 0.4) is 0 Å². The van der Waals surface area contributed by atoms with E-state index in [1.807, 2.05) is 0 Å². The molecule has 0 N–H and O–H groups in total. The van der Waals surface area contributed by atoms with E-state index in [1.54, 1.807) is 0 Å². The van der Waals surface area contributed by atoms with Crippen LogP contribution in [0.2, 0.25) is 0 Å². The summed E-state index contributed by atoms with van der Waals surface area (Å²) in [6.45, 7) is 0.721. The Morgan fingerprint density at radius 3 is 1.67 bits per heavy atom. The lowest BCUT2D eigenvalue weighted by Gasteiger charge is -2.19. The summed E-state index contributed by atoms with van der Waals surface area (Å²) in [6.07, 6.45) is 26.6. The molecule has 0 atom stereocenters. The van der Waals surface area contributed by atoms with Gasteiger partial charge in [0.2, 0.25) is 0 Å². The average Bonchev–Trinajstić information content (AvgIpc) is 3.24. The summed E-state index contributed by atoms with van der Waals surface area (Å²) in [7, 11) is 6.44. The highest BCUT2D eigenvalue weighted by Crippen LogP contribution is 2.36. The van der Waals surface area contributed by atoms with Crippen molar-refractivity contribution in [2.75, 3.05) is 21.1 Å². The van der Waals surface area contributed by atoms with E-state index in [-0.39, 0.29) is 0 Å². The van der Waals surface area contributed by atoms with Gasteiger partial charge in [0.15, 0.2) is 11.4 Å². The summed E-state index contributed by atoms with van der Waals surface area (Å²) in [4.78, 5) is 6.74. The second-order valence-electron chi connectivity index (χ2n) is 12.1. The van der Waals surface area contributed by atoms with Crippen molar-refractivity contribution in [3.8, 4) is 0 Å². The molecule has 3 aromatic carbocycles. The number of amidine groups is 3. The number of hydrogen-bond acceptors (Lipinski definition) is 3. The van der Waals surface area contributed by atoms with Crippen molar-refractivity contribution < 1.29 is 13.7 Å². The van der Waals surface area contributed by atoms with Crippen LogP contribution in [0, 0.1) is 0 Å². The van der Waals surface area contributed by atoms with Gasteiger partial charge in [-0.1, -0.05) is 48.5 Å². The standard InChI is InChI=1S/C40H37N6/c1-41-22-10-13-25-44-29-31-17-5-7-19-33(31)39-42(2)23-11-14-26-45(39)36(28-30-16-4-6-18-32(30)38(41)44)37-34-20-8-9-21-35(34)40-43(3)24-12-15-27-46(37)40/h4-27H,28-29H2,1-3H3/q+3. The van der Waals surface area contributed by atoms with Gasteiger partial charge >= 0.3 is 0 Å². The molecule has 0 amide bonds. The molecular formula is C40H37N6+3. The molecule has 0 aromatic heterocycles. The first kappa shape index (κ1) is 27.8. The van der Waals surface area contributed by atoms with Gasteiger partial charge in [0.05, 0.1) is 75.0 Å². The third-order valence-electron chi connectivity index (χ3n) is 9.17. The largest absolute Gasteiger partial charge is 0.294 e. The molecule has 5 aliphatic heterocycles. The maximum atomic E-state index is 2.43. The monoisotopic (exact) mass is 601 g/mol. The molecule has 0 spiro atoms. The minimum absolute atomic E-state index is 0.705. The minimum Gasteiger partial charge on any atom is -0.236 e. The highest BCUT2D eigenvalue weighted by Gasteiger charge is 2.40. The van der Waals surface area contributed by atoms with Gasteiger partial charge in [-0.15, -0.1) is 0 Å². The van der Waals surface area contributed by atoms with Gasteiger partial charge in [-0.25, -0.2) is 19.3 Å². The van der Waals surface area contributed by atoms with Crippen molar-refractivity contribution in [3.63, 3.8) is 0 Å². The molecule has 224 valence electrons. The number of fused-ring (bicyclic) bond motifs is 6. The van der Waals surface area contributed by atoms with Crippen LogP contribution in [0.15, 0.2) is 152 Å². The molecule has 46 heavy (non-hydrogen) atoms. The van der Waals surface area contributed by atoms with Crippen LogP contribution < -0.4 is 0 Å². The summed E-state index contributed by atoms with van der Waals surface area (Å²) in [5.74, 6) is 3.42. The number of rotatable bonds is 0. The van der Waals surface area contributed by atoms with E-state index in [1.165, 1.54) is 44.8 Å². The van der Waals surface area contributed by atoms with Crippen molar-refractivity contribution in [1.29, 1.82) is 0 Å². The molecule has 6 nitrogen and oxygen atoms in total. The quantitative estimate of drug-likeness (QED) is 0.294. The molecule has 0 unspecified atom stereocenters. The van der Waals surface area contributed by atoms with Crippen molar-refractivity contribution >= 4 is 23.2 Å². The zero-order valence-corrected chi connectivity index (χ0v) is 26.5. The third-order valence-corrected chi connectivity index (χ3v) is 9.17. The lowest BCUT2D eigenvalue weighted by Crippen LogP contribution is -2.33. The molecule has 6 heteroatoms. The summed E-state index contributed by atoms with van der Waals surface area (Å²) in [5.41, 5.74) is 9.73. The normalized spacial score (nSPS) is 20.0. The van der Waals surface area contributed by atoms with Gasteiger partial charge < -0.3 is 0 Å². The molecule has 5 aliphatic rings. The van der Waals surface area contributed by atoms with Crippen molar-refractivity contribution in [1.82, 2.24) is 14.7 Å². The summed E-state index contributed by atoms with van der Waals surface area (Å²) < 4.78 is 7.19. The number of allylic oxidation sites excluding steroid dienone is 7. The van der Waals surface area contributed by atoms with Crippen molar-refractivity contribution in [3.05, 3.63) is 186 Å². The smallest absolute Gasteiger partial charge is 0.236 e. The molecule has 0 bridgehead atoms. The average molecular weight is 602 g/mol. The Labute approximate surface area is 270 Å². The fourth-order valence-electron chi connectivity index (χ4n) is 7.16. The molecule has 0 radical (unpaired) electrons. The van der Waals surface area contributed by atoms with Crippen LogP contribution in [-0.4, -0.2) is 67.1 Å². The molecule has 0 saturated heterocycles. The Hall–Kier alpha value is -5.75. The molecule has 0 aliphatic carbocycles. The van der Waals surface area contributed by atoms with Crippen molar-refractivity contribution in [2.24, 2.45) is 0 Å². The lowest BCUT2D eigenvalue weighted by atomic mass is 9.97. The molecule has 5 heterocycles. The Balaban J connectivity index is 1.54. The summed E-state index contributed by atoms with van der Waals surface area (Å²) in [6, 6.07) is 26.5. The van der Waals surface area contributed by atoms with Crippen LogP contribution in [0.4, 0.5) is 0 Å². The predicted octanol–water partition coefficient (Wildman–Crippen LogP) is 6.02. The SMILES string of the molecule is CN1C=CC=C[N+]2=C1c1ccccc1C/C(=C1\c3ccccc3C3=[N+]1C=CC=CN3C)[N+]1=C(c3ccccc3C2)N(C)C=CC=C1. The Morgan fingerprint density at radius 2 is 0.978 bits per heavy atom. The second kappa shape index (κ2) is 11.3. The molecular weight excluding hydrogens is 564 g/mol. The first-order chi connectivity index (χ1) is 22.6. The van der Waals surface area contributed by atoms with Crippen LogP contribution in [0.25, 0.3) is 5.70 Å². The zero-order chi connectivity index (χ0) is 31.2. The summed E-state index contributed by atoms with van der Waals surface area (Å²) in [5, 5.41) is 0. The fourth-order valence-corrected chi connectivity index (χ4v) is 7.16. The first-order valence-corrected chi connectivity index (χ1v) is 15.8. The highest BCUT2D eigenvalue weighted by atomic mass is 15.3. The van der Waals surface area contributed by atoms with E-state index in [0.717, 1.165) is 24.1 Å². The van der Waals surface area contributed by atoms with E-state index in [0.29, 0.717) is 6.42 Å². The van der Waals surface area contributed by atoms with Gasteiger partial charge in [-0.2, -0.15) is 9.15 Å². The van der Waals surface area contributed by atoms with Gasteiger partial charge in [0, 0.05) is 17.5 Å². The second-order valence-corrected chi connectivity index (χ2v) is 12.1. The summed E-state index contributed by atoms with van der Waals surface area (Å²) >= 11 is 0. The zero-order valence-electron chi connectivity index (χ0n) is 26.5. The Kier molecular flexibility index (Phi) is 6.83. The van der Waals surface area contributed by atoms with Gasteiger partial charge in [0.1, 0.15) is 6.54 Å². The van der Waals surface area contributed by atoms with Gasteiger partial charge in [-0.3, -0.25) is 0 Å². The van der Waals surface area contributed by atoms with E-state index < -0.39 is 0 Å². The maximum Gasteiger partial charge on any atom is 0.294 e. The molecule has 8 rings (SSSR count). The lowest BCUT2D eigenvalue weighted by molar-refractivity contribution is -0.478. The van der Waals surface area contributed by atoms with Crippen LogP contribution in [-0.2, 0) is 13.0 Å². The van der Waals surface area contributed by atoms with E-state index in [9.17, 15) is 0 Å². The predicted molar refractivity (Wildman–Crippen MR) is 185 cm³/mol. The van der Waals surface area contributed by atoms with Crippen LogP contribution in [0.5, 0.6) is 0 Å². The Bertz CT molecular complexity index is 2090. The van der Waals surface area contributed by atoms with Gasteiger partial charge in [0.25, 0.3) is 17.5 Å². The maximum absolute atomic E-state index is 2.43. The van der Waals surface area contributed by atoms with Crippen LogP contribution >= 0.6 is 0 Å². The molecule has 0 saturated carbocycles. The number of nitrogens with zero attached hydrogens (tertiary/aromatic N) is 6. The van der Waals surface area contributed by atoms with E-state index in [2.05, 4.69) is 196 Å². The van der Waals surface area contributed by atoms with E-state index in [4.69, 9.17) is 0 Å². The highest BCUT2D eigenvalue weighted by molar-refractivity contribution is 6.05. The number of benzene rings is 3. The van der Waals surface area contributed by atoms with Crippen molar-refractivity contribution in [2.45, 2.75) is 13.0 Å². The third kappa shape index (κ3) is 4.53. The topological polar surface area (TPSA) is 18.8 Å².